The van der Waals surface area contributed by atoms with Crippen LogP contribution >= 0.6 is 0 Å². The summed E-state index contributed by atoms with van der Waals surface area (Å²) in [5.74, 6) is 0. The maximum Gasteiger partial charge on any atom is 0.0768 e. The van der Waals surface area contributed by atoms with Crippen molar-refractivity contribution in [1.82, 2.24) is 9.80 Å². The molecule has 16 heavy (non-hydrogen) atoms. The molecule has 0 aliphatic carbocycles. The Morgan fingerprint density at radius 2 is 1.56 bits per heavy atom. The first kappa shape index (κ1) is 13.9. The van der Waals surface area contributed by atoms with Crippen LogP contribution in [0.25, 0.3) is 0 Å². The van der Waals surface area contributed by atoms with Gasteiger partial charge in [0.05, 0.1) is 5.60 Å². The zero-order chi connectivity index (χ0) is 12.2. The van der Waals surface area contributed by atoms with Crippen molar-refractivity contribution in [2.45, 2.75) is 52.2 Å². The van der Waals surface area contributed by atoms with Crippen LogP contribution in [0.1, 0.15) is 40.5 Å². The van der Waals surface area contributed by atoms with E-state index in [0.29, 0.717) is 6.04 Å². The molecule has 1 fully saturated rings. The lowest BCUT2D eigenvalue weighted by molar-refractivity contribution is -0.0180. The van der Waals surface area contributed by atoms with Crippen molar-refractivity contribution in [3.05, 3.63) is 0 Å². The first-order valence-electron chi connectivity index (χ1n) is 6.69. The van der Waals surface area contributed by atoms with Gasteiger partial charge in [0.1, 0.15) is 0 Å². The SMILES string of the molecule is CCC(O)(CC)CN1CCN(C(C)C)CC1. The molecule has 1 saturated heterocycles. The summed E-state index contributed by atoms with van der Waals surface area (Å²) in [6.07, 6.45) is 1.71. The van der Waals surface area contributed by atoms with Crippen molar-refractivity contribution in [1.29, 1.82) is 0 Å². The molecule has 0 amide bonds. The highest BCUT2D eigenvalue weighted by atomic mass is 16.3. The fraction of sp³-hybridized carbons (Fsp3) is 1.00. The van der Waals surface area contributed by atoms with E-state index < -0.39 is 5.60 Å². The van der Waals surface area contributed by atoms with Gasteiger partial charge in [0.25, 0.3) is 0 Å². The van der Waals surface area contributed by atoms with Gasteiger partial charge < -0.3 is 5.11 Å². The van der Waals surface area contributed by atoms with Crippen LogP contribution in [0.2, 0.25) is 0 Å². The highest BCUT2D eigenvalue weighted by molar-refractivity contribution is 4.83. The number of aliphatic hydroxyl groups is 1. The molecule has 1 rings (SSSR count). The van der Waals surface area contributed by atoms with E-state index in [2.05, 4.69) is 37.5 Å². The molecule has 1 aliphatic rings. The predicted octanol–water partition coefficient (Wildman–Crippen LogP) is 1.56. The van der Waals surface area contributed by atoms with E-state index in [1.165, 1.54) is 0 Å². The second-order valence-electron chi connectivity index (χ2n) is 5.34. The third kappa shape index (κ3) is 3.72. The van der Waals surface area contributed by atoms with Gasteiger partial charge >= 0.3 is 0 Å². The Hall–Kier alpha value is -0.120. The molecule has 0 aromatic carbocycles. The van der Waals surface area contributed by atoms with Crippen LogP contribution in [0.15, 0.2) is 0 Å². The highest BCUT2D eigenvalue weighted by Gasteiger charge is 2.27. The minimum absolute atomic E-state index is 0.472. The van der Waals surface area contributed by atoms with Gasteiger partial charge in [-0.2, -0.15) is 0 Å². The lowest BCUT2D eigenvalue weighted by Crippen LogP contribution is -2.53. The lowest BCUT2D eigenvalue weighted by atomic mass is 9.96. The molecule has 3 nitrogen and oxygen atoms in total. The predicted molar refractivity (Wildman–Crippen MR) is 68.7 cm³/mol. The Labute approximate surface area is 100 Å². The first-order valence-corrected chi connectivity index (χ1v) is 6.69. The molecule has 0 aromatic heterocycles. The summed E-state index contributed by atoms with van der Waals surface area (Å²) in [5, 5.41) is 10.3. The van der Waals surface area contributed by atoms with E-state index in [0.717, 1.165) is 45.6 Å². The van der Waals surface area contributed by atoms with E-state index in [9.17, 15) is 5.11 Å². The van der Waals surface area contributed by atoms with Gasteiger partial charge in [0, 0.05) is 38.8 Å². The van der Waals surface area contributed by atoms with Gasteiger partial charge in [-0.3, -0.25) is 9.80 Å². The summed E-state index contributed by atoms with van der Waals surface area (Å²) in [4.78, 5) is 4.92. The van der Waals surface area contributed by atoms with E-state index in [4.69, 9.17) is 0 Å². The summed E-state index contributed by atoms with van der Waals surface area (Å²) < 4.78 is 0. The molecule has 0 atom stereocenters. The van der Waals surface area contributed by atoms with Gasteiger partial charge in [0.15, 0.2) is 0 Å². The highest BCUT2D eigenvalue weighted by Crippen LogP contribution is 2.17. The molecule has 1 heterocycles. The van der Waals surface area contributed by atoms with Crippen molar-refractivity contribution in [2.24, 2.45) is 0 Å². The van der Waals surface area contributed by atoms with Crippen LogP contribution in [-0.4, -0.2) is 59.3 Å². The molecular weight excluding hydrogens is 200 g/mol. The molecule has 1 aliphatic heterocycles. The number of hydrogen-bond acceptors (Lipinski definition) is 3. The number of nitrogens with zero attached hydrogens (tertiary/aromatic N) is 2. The van der Waals surface area contributed by atoms with E-state index >= 15 is 0 Å². The summed E-state index contributed by atoms with van der Waals surface area (Å²) in [6, 6.07) is 0.651. The van der Waals surface area contributed by atoms with Gasteiger partial charge in [-0.05, 0) is 26.7 Å². The monoisotopic (exact) mass is 228 g/mol. The quantitative estimate of drug-likeness (QED) is 0.773. The Morgan fingerprint density at radius 1 is 1.06 bits per heavy atom. The number of hydrogen-bond donors (Lipinski definition) is 1. The summed E-state index contributed by atoms with van der Waals surface area (Å²) in [7, 11) is 0. The van der Waals surface area contributed by atoms with E-state index in [1.54, 1.807) is 0 Å². The molecule has 0 spiro atoms. The second-order valence-corrected chi connectivity index (χ2v) is 5.34. The van der Waals surface area contributed by atoms with Gasteiger partial charge in [-0.15, -0.1) is 0 Å². The average molecular weight is 228 g/mol. The first-order chi connectivity index (χ1) is 7.50. The van der Waals surface area contributed by atoms with Crippen LogP contribution in [0.3, 0.4) is 0 Å². The third-order valence-corrected chi connectivity index (χ3v) is 3.97. The molecule has 3 heteroatoms. The lowest BCUT2D eigenvalue weighted by Gasteiger charge is -2.40. The normalized spacial score (nSPS) is 20.6. The van der Waals surface area contributed by atoms with Gasteiger partial charge in [0.2, 0.25) is 0 Å². The van der Waals surface area contributed by atoms with Crippen LogP contribution < -0.4 is 0 Å². The van der Waals surface area contributed by atoms with Crippen LogP contribution in [0, 0.1) is 0 Å². The van der Waals surface area contributed by atoms with Crippen molar-refractivity contribution in [3.8, 4) is 0 Å². The second kappa shape index (κ2) is 5.99. The molecule has 0 aromatic rings. The van der Waals surface area contributed by atoms with Crippen LogP contribution in [-0.2, 0) is 0 Å². The summed E-state index contributed by atoms with van der Waals surface area (Å²) in [5.41, 5.74) is -0.472. The summed E-state index contributed by atoms with van der Waals surface area (Å²) in [6.45, 7) is 14.0. The Morgan fingerprint density at radius 3 is 1.94 bits per heavy atom. The molecule has 0 saturated carbocycles. The largest absolute Gasteiger partial charge is 0.389 e. The number of β-amino-alcohol motifs (C(OH)–C–C–N with tert-alkyl or cyclic N) is 1. The number of rotatable bonds is 5. The molecule has 0 unspecified atom stereocenters. The van der Waals surface area contributed by atoms with Crippen LogP contribution in [0.4, 0.5) is 0 Å². The average Bonchev–Trinajstić information content (AvgIpc) is 2.29. The molecule has 96 valence electrons. The Bertz CT molecular complexity index is 194. The minimum Gasteiger partial charge on any atom is -0.389 e. The molecule has 0 radical (unpaired) electrons. The van der Waals surface area contributed by atoms with Crippen LogP contribution in [0.5, 0.6) is 0 Å². The smallest absolute Gasteiger partial charge is 0.0768 e. The molecule has 1 N–H and O–H groups in total. The minimum atomic E-state index is -0.472. The fourth-order valence-corrected chi connectivity index (χ4v) is 2.33. The fourth-order valence-electron chi connectivity index (χ4n) is 2.33. The van der Waals surface area contributed by atoms with Crippen molar-refractivity contribution in [3.63, 3.8) is 0 Å². The van der Waals surface area contributed by atoms with E-state index in [-0.39, 0.29) is 0 Å². The van der Waals surface area contributed by atoms with Gasteiger partial charge in [-0.1, -0.05) is 13.8 Å². The molecule has 0 bridgehead atoms. The Kier molecular flexibility index (Phi) is 5.22. The van der Waals surface area contributed by atoms with Gasteiger partial charge in [-0.25, -0.2) is 0 Å². The third-order valence-electron chi connectivity index (χ3n) is 3.97. The van der Waals surface area contributed by atoms with Crippen molar-refractivity contribution >= 4 is 0 Å². The van der Waals surface area contributed by atoms with E-state index in [1.807, 2.05) is 0 Å². The maximum absolute atomic E-state index is 10.3. The van der Waals surface area contributed by atoms with Crippen molar-refractivity contribution in [2.75, 3.05) is 32.7 Å². The zero-order valence-electron chi connectivity index (χ0n) is 11.4. The zero-order valence-corrected chi connectivity index (χ0v) is 11.4. The number of piperazine rings is 1. The maximum atomic E-state index is 10.3. The Balaban J connectivity index is 2.37. The van der Waals surface area contributed by atoms with Crippen molar-refractivity contribution < 1.29 is 5.11 Å². The standard InChI is InChI=1S/C13H28N2O/c1-5-13(16,6-2)11-14-7-9-15(10-8-14)12(3)4/h12,16H,5-11H2,1-4H3. The molecular formula is C13H28N2O. The summed E-state index contributed by atoms with van der Waals surface area (Å²) >= 11 is 0. The topological polar surface area (TPSA) is 26.7 Å².